The second kappa shape index (κ2) is 11.7. The van der Waals surface area contributed by atoms with Crippen LogP contribution in [0.3, 0.4) is 0 Å². The number of anilines is 2. The Hall–Kier alpha value is -4.19. The van der Waals surface area contributed by atoms with E-state index in [0.717, 1.165) is 54.4 Å². The molecule has 1 unspecified atom stereocenters. The average molecular weight is 612 g/mol. The summed E-state index contributed by atoms with van der Waals surface area (Å²) >= 11 is 0. The Morgan fingerprint density at radius 3 is 2.45 bits per heavy atom. The van der Waals surface area contributed by atoms with Gasteiger partial charge >= 0.3 is 6.09 Å². The van der Waals surface area contributed by atoms with Crippen molar-refractivity contribution in [1.82, 2.24) is 15.3 Å². The standard InChI is InChI=1S/C32H36F3N5O4/c1-17-15-40(16-25(32(17,5)43)39-30(42)44-31(2,3)4)28-18-8-6-11-22(18)36-14-24(28)38-29(41)23-13-12-21(35)27(37-23)26-19(33)9-7-10-20(26)34/h7,9-10,12-14,17,25,43H,6,8,11,15-16H2,1-5H3,(H,38,41)(H,39,42)/t17-,25+,32?/m0/s1. The van der Waals surface area contributed by atoms with Gasteiger partial charge in [-0.2, -0.15) is 0 Å². The minimum atomic E-state index is -1.26. The first-order chi connectivity index (χ1) is 20.7. The maximum Gasteiger partial charge on any atom is 0.408 e. The molecule has 3 N–H and O–H groups in total. The highest BCUT2D eigenvalue weighted by molar-refractivity contribution is 6.05. The van der Waals surface area contributed by atoms with Crippen LogP contribution in [-0.2, 0) is 17.6 Å². The molecule has 2 amide bonds. The number of amides is 2. The van der Waals surface area contributed by atoms with Gasteiger partial charge in [-0.3, -0.25) is 9.78 Å². The van der Waals surface area contributed by atoms with Gasteiger partial charge in [0, 0.05) is 24.7 Å². The molecule has 12 heteroatoms. The molecule has 0 radical (unpaired) electrons. The summed E-state index contributed by atoms with van der Waals surface area (Å²) in [6, 6.07) is 4.47. The van der Waals surface area contributed by atoms with E-state index in [-0.39, 0.29) is 18.2 Å². The molecule has 3 atom stereocenters. The summed E-state index contributed by atoms with van der Waals surface area (Å²) in [5, 5.41) is 17.0. The quantitative estimate of drug-likeness (QED) is 0.354. The normalized spacial score (nSPS) is 21.5. The third-order valence-corrected chi connectivity index (χ3v) is 8.21. The molecule has 44 heavy (non-hydrogen) atoms. The maximum absolute atomic E-state index is 14.7. The number of ether oxygens (including phenoxy) is 1. The number of carbonyl (C=O) groups excluding carboxylic acids is 2. The first-order valence-corrected chi connectivity index (χ1v) is 14.6. The molecule has 0 bridgehead atoms. The van der Waals surface area contributed by atoms with Gasteiger partial charge in [-0.05, 0) is 76.8 Å². The van der Waals surface area contributed by atoms with Gasteiger partial charge in [-0.15, -0.1) is 0 Å². The number of pyridine rings is 2. The average Bonchev–Trinajstić information content (AvgIpc) is 3.40. The number of fused-ring (bicyclic) bond motifs is 1. The van der Waals surface area contributed by atoms with Gasteiger partial charge in [0.15, 0.2) is 0 Å². The van der Waals surface area contributed by atoms with Crippen molar-refractivity contribution in [1.29, 1.82) is 0 Å². The summed E-state index contributed by atoms with van der Waals surface area (Å²) in [4.78, 5) is 36.7. The lowest BCUT2D eigenvalue weighted by atomic mass is 9.79. The van der Waals surface area contributed by atoms with E-state index in [1.165, 1.54) is 6.20 Å². The molecule has 1 aromatic carbocycles. The van der Waals surface area contributed by atoms with Crippen molar-refractivity contribution in [3.05, 3.63) is 70.9 Å². The minimum Gasteiger partial charge on any atom is -0.444 e. The fraction of sp³-hybridized carbons (Fsp3) is 0.438. The number of alkyl carbamates (subject to hydrolysis) is 1. The lowest BCUT2D eigenvalue weighted by Crippen LogP contribution is -2.65. The second-order valence-electron chi connectivity index (χ2n) is 12.6. The van der Waals surface area contributed by atoms with Crippen molar-refractivity contribution in [3.63, 3.8) is 0 Å². The molecular weight excluding hydrogens is 575 g/mol. The van der Waals surface area contributed by atoms with Crippen molar-refractivity contribution < 1.29 is 32.6 Å². The van der Waals surface area contributed by atoms with Crippen LogP contribution in [-0.4, -0.2) is 57.4 Å². The Bertz CT molecular complexity index is 1590. The number of rotatable bonds is 5. The number of nitrogens with one attached hydrogen (secondary N) is 2. The highest BCUT2D eigenvalue weighted by Gasteiger charge is 2.45. The molecule has 2 aromatic heterocycles. The van der Waals surface area contributed by atoms with Crippen molar-refractivity contribution in [3.8, 4) is 11.3 Å². The zero-order valence-corrected chi connectivity index (χ0v) is 25.3. The van der Waals surface area contributed by atoms with Crippen LogP contribution in [0.4, 0.5) is 29.3 Å². The molecule has 9 nitrogen and oxygen atoms in total. The summed E-state index contributed by atoms with van der Waals surface area (Å²) in [6.45, 7) is 9.42. The Labute approximate surface area is 253 Å². The van der Waals surface area contributed by atoms with Crippen LogP contribution in [0.15, 0.2) is 36.5 Å². The van der Waals surface area contributed by atoms with Crippen LogP contribution in [0.5, 0.6) is 0 Å². The van der Waals surface area contributed by atoms with Crippen LogP contribution in [0, 0.1) is 23.4 Å². The van der Waals surface area contributed by atoms with Gasteiger partial charge in [0.1, 0.15) is 34.4 Å². The van der Waals surface area contributed by atoms with E-state index in [9.17, 15) is 27.9 Å². The van der Waals surface area contributed by atoms with Crippen molar-refractivity contribution in [2.75, 3.05) is 23.3 Å². The molecule has 2 aliphatic rings. The van der Waals surface area contributed by atoms with Crippen LogP contribution in [0.25, 0.3) is 11.3 Å². The molecule has 1 fully saturated rings. The Morgan fingerprint density at radius 1 is 1.07 bits per heavy atom. The number of aliphatic hydroxyl groups is 1. The monoisotopic (exact) mass is 611 g/mol. The molecule has 3 heterocycles. The first-order valence-electron chi connectivity index (χ1n) is 14.6. The number of benzene rings is 1. The van der Waals surface area contributed by atoms with Crippen molar-refractivity contribution in [2.24, 2.45) is 5.92 Å². The molecule has 0 spiro atoms. The maximum atomic E-state index is 14.7. The van der Waals surface area contributed by atoms with Crippen molar-refractivity contribution in [2.45, 2.75) is 71.1 Å². The molecule has 0 saturated carbocycles. The zero-order valence-electron chi connectivity index (χ0n) is 25.3. The predicted octanol–water partition coefficient (Wildman–Crippen LogP) is 5.40. The highest BCUT2D eigenvalue weighted by atomic mass is 19.1. The van der Waals surface area contributed by atoms with E-state index in [1.807, 2.05) is 11.8 Å². The van der Waals surface area contributed by atoms with Gasteiger partial charge in [-0.25, -0.2) is 22.9 Å². The highest BCUT2D eigenvalue weighted by Crippen LogP contribution is 2.40. The molecule has 3 aromatic rings. The fourth-order valence-electron chi connectivity index (χ4n) is 5.76. The predicted molar refractivity (Wildman–Crippen MR) is 159 cm³/mol. The van der Waals surface area contributed by atoms with E-state index in [4.69, 9.17) is 4.74 Å². The number of hydrogen-bond acceptors (Lipinski definition) is 7. The number of halogens is 3. The van der Waals surface area contributed by atoms with Crippen LogP contribution < -0.4 is 15.5 Å². The summed E-state index contributed by atoms with van der Waals surface area (Å²) < 4.78 is 49.0. The van der Waals surface area contributed by atoms with Crippen LogP contribution in [0.1, 0.15) is 62.8 Å². The minimum absolute atomic E-state index is 0.210. The van der Waals surface area contributed by atoms with Crippen LogP contribution in [0.2, 0.25) is 0 Å². The number of aryl methyl sites for hydroxylation is 1. The van der Waals surface area contributed by atoms with Crippen molar-refractivity contribution >= 4 is 23.4 Å². The fourth-order valence-corrected chi connectivity index (χ4v) is 5.76. The number of piperidine rings is 1. The molecule has 5 rings (SSSR count). The molecule has 234 valence electrons. The first kappa shape index (κ1) is 31.2. The van der Waals surface area contributed by atoms with Gasteiger partial charge in [0.2, 0.25) is 0 Å². The Balaban J connectivity index is 1.48. The Morgan fingerprint density at radius 2 is 1.77 bits per heavy atom. The molecular formula is C32H36F3N5O4. The number of aromatic nitrogens is 2. The molecule has 1 aliphatic heterocycles. The lowest BCUT2D eigenvalue weighted by molar-refractivity contribution is -0.0405. The third kappa shape index (κ3) is 6.21. The smallest absolute Gasteiger partial charge is 0.408 e. The summed E-state index contributed by atoms with van der Waals surface area (Å²) in [5.74, 6) is -4.04. The number of hydrogen-bond donors (Lipinski definition) is 3. The summed E-state index contributed by atoms with van der Waals surface area (Å²) in [6.07, 6.45) is 3.21. The van der Waals surface area contributed by atoms with E-state index in [2.05, 4.69) is 20.6 Å². The van der Waals surface area contributed by atoms with E-state index in [0.29, 0.717) is 24.3 Å². The largest absolute Gasteiger partial charge is 0.444 e. The van der Waals surface area contributed by atoms with Gasteiger partial charge in [0.05, 0.1) is 34.8 Å². The summed E-state index contributed by atoms with van der Waals surface area (Å²) in [5.41, 5.74) is -0.664. The van der Waals surface area contributed by atoms with E-state index < -0.39 is 58.0 Å². The molecule has 1 saturated heterocycles. The van der Waals surface area contributed by atoms with Gasteiger partial charge in [-0.1, -0.05) is 13.0 Å². The van der Waals surface area contributed by atoms with Gasteiger partial charge in [0.25, 0.3) is 5.91 Å². The van der Waals surface area contributed by atoms with Gasteiger partial charge < -0.3 is 25.4 Å². The third-order valence-electron chi connectivity index (χ3n) is 8.21. The van der Waals surface area contributed by atoms with E-state index in [1.54, 1.807) is 27.7 Å². The number of nitrogens with zero attached hydrogens (tertiary/aromatic N) is 3. The van der Waals surface area contributed by atoms with E-state index >= 15 is 0 Å². The second-order valence-corrected chi connectivity index (χ2v) is 12.6. The molecule has 1 aliphatic carbocycles. The van der Waals surface area contributed by atoms with Crippen LogP contribution >= 0.6 is 0 Å². The number of carbonyl (C=O) groups is 2. The summed E-state index contributed by atoms with van der Waals surface area (Å²) in [7, 11) is 0. The topological polar surface area (TPSA) is 117 Å². The Kier molecular flexibility index (Phi) is 8.32. The zero-order chi connectivity index (χ0) is 32.0. The SMILES string of the molecule is C[C@H]1CN(c2c(NC(=O)c3ccc(F)c(-c4c(F)cccc4F)n3)cnc3c2CCC3)C[C@@H](NC(=O)OC(C)(C)C)C1(C)O. The lowest BCUT2D eigenvalue weighted by Gasteiger charge is -2.48.